The van der Waals surface area contributed by atoms with Crippen LogP contribution in [0.5, 0.6) is 0 Å². The topological polar surface area (TPSA) is 23.8 Å². The molecule has 1 aromatic rings. The van der Waals surface area contributed by atoms with Gasteiger partial charge in [-0.3, -0.25) is 0 Å². The van der Waals surface area contributed by atoms with Crippen LogP contribution in [0.25, 0.3) is 0 Å². The van der Waals surface area contributed by atoms with E-state index in [9.17, 15) is 0 Å². The van der Waals surface area contributed by atoms with Crippen LogP contribution >= 0.6 is 15.9 Å². The van der Waals surface area contributed by atoms with Crippen LogP contribution in [0.2, 0.25) is 0 Å². The van der Waals surface area contributed by atoms with Gasteiger partial charge in [-0.25, -0.2) is 0 Å². The highest BCUT2D eigenvalue weighted by molar-refractivity contribution is 9.08. The van der Waals surface area contributed by atoms with E-state index in [1.54, 1.807) is 6.07 Å². The van der Waals surface area contributed by atoms with Gasteiger partial charge in [0.25, 0.3) is 0 Å². The molecule has 1 rings (SSSR count). The second kappa shape index (κ2) is 3.38. The molecule has 0 saturated heterocycles. The molecular formula is C8H6BrN. The lowest BCUT2D eigenvalue weighted by molar-refractivity contribution is 1.40. The van der Waals surface area contributed by atoms with E-state index in [1.165, 1.54) is 0 Å². The van der Waals surface area contributed by atoms with Gasteiger partial charge in [0, 0.05) is 8.02 Å². The van der Waals surface area contributed by atoms with Gasteiger partial charge in [-0.2, -0.15) is 5.26 Å². The van der Waals surface area contributed by atoms with E-state index >= 15 is 0 Å². The number of alkyl halides is 1. The van der Waals surface area contributed by atoms with Gasteiger partial charge < -0.3 is 0 Å². The Morgan fingerprint density at radius 3 is 3.20 bits per heavy atom. The Kier molecular flexibility index (Phi) is 0.903. The number of rotatable bonds is 1. The van der Waals surface area contributed by atoms with Crippen molar-refractivity contribution in [3.63, 3.8) is 0 Å². The van der Waals surface area contributed by atoms with Gasteiger partial charge in [-0.05, 0) is 17.6 Å². The first-order valence-corrected chi connectivity index (χ1v) is 3.21. The fourth-order valence-electron chi connectivity index (χ4n) is 0.447. The summed E-state index contributed by atoms with van der Waals surface area (Å²) < 4.78 is 44.6. The third-order valence-electron chi connectivity index (χ3n) is 0.831. The Bertz CT molecular complexity index is 487. The summed E-state index contributed by atoms with van der Waals surface area (Å²) >= 11 is 2.65. The predicted octanol–water partition coefficient (Wildman–Crippen LogP) is 2.45. The lowest BCUT2D eigenvalue weighted by atomic mass is 10.2. The summed E-state index contributed by atoms with van der Waals surface area (Å²) in [6.07, 6.45) is 0. The summed E-state index contributed by atoms with van der Waals surface area (Å²) in [5.41, 5.74) is -0.788. The summed E-state index contributed by atoms with van der Waals surface area (Å²) in [7, 11) is 0. The van der Waals surface area contributed by atoms with Crippen LogP contribution in [0.4, 0.5) is 0 Å². The molecule has 1 nitrogen and oxygen atoms in total. The second-order valence-electron chi connectivity index (χ2n) is 1.46. The predicted molar refractivity (Wildman–Crippen MR) is 43.8 cm³/mol. The van der Waals surface area contributed by atoms with E-state index < -0.39 is 35.0 Å². The number of hydrogen-bond acceptors (Lipinski definition) is 1. The molecule has 0 heterocycles. The molecule has 50 valence electrons. The Morgan fingerprint density at radius 2 is 2.60 bits per heavy atom. The van der Waals surface area contributed by atoms with Crippen molar-refractivity contribution in [2.75, 3.05) is 0 Å². The largest absolute Gasteiger partial charge is 0.192 e. The molecule has 0 aliphatic heterocycles. The lowest BCUT2D eigenvalue weighted by Crippen LogP contribution is -1.78. The first-order chi connectivity index (χ1) is 7.21. The first-order valence-electron chi connectivity index (χ1n) is 5.41. The minimum absolute atomic E-state index is 0.390. The molecule has 0 aliphatic carbocycles. The van der Waals surface area contributed by atoms with Crippen LogP contribution in [0, 0.1) is 11.3 Å². The zero-order valence-electron chi connectivity index (χ0n) is 10.8. The van der Waals surface area contributed by atoms with Crippen LogP contribution in [0.15, 0.2) is 24.2 Å². The quantitative estimate of drug-likeness (QED) is 0.641. The molecule has 0 N–H and O–H groups in total. The van der Waals surface area contributed by atoms with Crippen LogP contribution in [0.3, 0.4) is 0 Å². The minimum atomic E-state index is -2.17. The molecule has 0 aromatic heterocycles. The third-order valence-corrected chi connectivity index (χ3v) is 1.23. The molecule has 2 heteroatoms. The summed E-state index contributed by atoms with van der Waals surface area (Å²) in [6.45, 7) is 0. The standard InChI is InChI=1S/C8H6BrN/c9-5-7-2-1-3-8(4-7)6-10/h1-4H,5H2/i1D,2D,3D,4D,5D2. The van der Waals surface area contributed by atoms with Crippen molar-refractivity contribution in [3.8, 4) is 6.07 Å². The average molecular weight is 202 g/mol. The van der Waals surface area contributed by atoms with Gasteiger partial charge >= 0.3 is 0 Å². The average Bonchev–Trinajstić information content (AvgIpc) is 2.13. The van der Waals surface area contributed by atoms with Crippen molar-refractivity contribution in [1.82, 2.24) is 0 Å². The van der Waals surface area contributed by atoms with E-state index in [1.807, 2.05) is 0 Å². The molecule has 0 radical (unpaired) electrons. The molecule has 0 unspecified atom stereocenters. The molecule has 0 atom stereocenters. The number of halogens is 1. The second-order valence-corrected chi connectivity index (χ2v) is 1.85. The first kappa shape index (κ1) is 2.67. The molecule has 0 aliphatic rings. The molecule has 10 heavy (non-hydrogen) atoms. The maximum atomic E-state index is 8.73. The van der Waals surface area contributed by atoms with Gasteiger partial charge in [0.15, 0.2) is 0 Å². The van der Waals surface area contributed by atoms with E-state index in [0.29, 0.717) is 0 Å². The SMILES string of the molecule is [2H]c1c([2H])c(C#N)c([2H])c(C([2H])([2H])Br)c1[2H]. The van der Waals surface area contributed by atoms with Crippen molar-refractivity contribution >= 4 is 15.9 Å². The minimum Gasteiger partial charge on any atom is -0.192 e. The van der Waals surface area contributed by atoms with Gasteiger partial charge in [-0.1, -0.05) is 28.0 Å². The lowest BCUT2D eigenvalue weighted by Gasteiger charge is -1.92. The number of benzene rings is 1. The molecular weight excluding hydrogens is 190 g/mol. The monoisotopic (exact) mass is 201 g/mol. The van der Waals surface area contributed by atoms with Crippen LogP contribution < -0.4 is 0 Å². The Balaban J connectivity index is 3.78. The van der Waals surface area contributed by atoms with E-state index in [0.717, 1.165) is 0 Å². The molecule has 0 saturated carbocycles. The smallest absolute Gasteiger partial charge is 0.0991 e. The van der Waals surface area contributed by atoms with Crippen molar-refractivity contribution in [2.24, 2.45) is 0 Å². The van der Waals surface area contributed by atoms with Crippen LogP contribution in [-0.4, -0.2) is 0 Å². The van der Waals surface area contributed by atoms with Crippen molar-refractivity contribution in [1.29, 1.82) is 5.26 Å². The Morgan fingerprint density at radius 1 is 1.80 bits per heavy atom. The van der Waals surface area contributed by atoms with Gasteiger partial charge in [0.05, 0.1) is 17.1 Å². The highest BCUT2D eigenvalue weighted by Gasteiger charge is 1.90. The number of hydrogen-bond donors (Lipinski definition) is 0. The molecule has 0 fully saturated rings. The number of nitriles is 1. The van der Waals surface area contributed by atoms with Crippen molar-refractivity contribution in [2.45, 2.75) is 5.28 Å². The van der Waals surface area contributed by atoms with Crippen LogP contribution in [0.1, 0.15) is 19.4 Å². The number of nitrogens with zero attached hydrogens (tertiary/aromatic N) is 1. The molecule has 0 amide bonds. The van der Waals surface area contributed by atoms with Crippen molar-refractivity contribution < 1.29 is 8.22 Å². The summed E-state index contributed by atoms with van der Waals surface area (Å²) in [5.74, 6) is 0. The summed E-state index contributed by atoms with van der Waals surface area (Å²) in [6, 6.07) is -0.551. The molecule has 0 spiro atoms. The maximum Gasteiger partial charge on any atom is 0.0991 e. The van der Waals surface area contributed by atoms with E-state index in [-0.39, 0.29) is 5.56 Å². The summed E-state index contributed by atoms with van der Waals surface area (Å²) in [5, 5.41) is 6.56. The third kappa shape index (κ3) is 1.58. The van der Waals surface area contributed by atoms with Crippen molar-refractivity contribution in [3.05, 3.63) is 35.3 Å². The normalized spacial score (nSPS) is 18.8. The van der Waals surface area contributed by atoms with Crippen LogP contribution in [-0.2, 0) is 5.28 Å². The fraction of sp³-hybridized carbons (Fsp3) is 0.125. The molecule has 0 bridgehead atoms. The summed E-state index contributed by atoms with van der Waals surface area (Å²) in [4.78, 5) is 0. The van der Waals surface area contributed by atoms with Gasteiger partial charge in [0.1, 0.15) is 0 Å². The Labute approximate surface area is 76.9 Å². The van der Waals surface area contributed by atoms with Gasteiger partial charge in [0.2, 0.25) is 0 Å². The maximum absolute atomic E-state index is 8.73. The van der Waals surface area contributed by atoms with Gasteiger partial charge in [-0.15, -0.1) is 0 Å². The van der Waals surface area contributed by atoms with E-state index in [2.05, 4.69) is 15.9 Å². The highest BCUT2D eigenvalue weighted by atomic mass is 79.9. The molecule has 1 aromatic carbocycles. The van der Waals surface area contributed by atoms with E-state index in [4.69, 9.17) is 13.5 Å². The Hall–Kier alpha value is -0.810. The zero-order chi connectivity index (χ0) is 12.7. The highest BCUT2D eigenvalue weighted by Crippen LogP contribution is 2.07. The zero-order valence-corrected chi connectivity index (χ0v) is 6.41. The fourth-order valence-corrected chi connectivity index (χ4v) is 0.645.